The minimum atomic E-state index is -3.34. The monoisotopic (exact) mass is 476 g/mol. The Kier molecular flexibility index (Phi) is 5.85. The van der Waals surface area contributed by atoms with Crippen LogP contribution in [0, 0.1) is 6.92 Å². The Balaban J connectivity index is 1.39. The molecule has 1 amide bonds. The maximum atomic E-state index is 13.5. The number of aryl methyl sites for hydroxylation is 1. The number of amides is 1. The smallest absolute Gasteiger partial charge is 0.245 e. The lowest BCUT2D eigenvalue weighted by atomic mass is 9.99. The number of hydrogen-bond donors (Lipinski definition) is 0. The van der Waals surface area contributed by atoms with E-state index in [2.05, 4.69) is 28.2 Å². The molecule has 1 saturated heterocycles. The third kappa shape index (κ3) is 4.30. The lowest BCUT2D eigenvalue weighted by Crippen LogP contribution is -2.47. The van der Waals surface area contributed by atoms with Gasteiger partial charge in [0, 0.05) is 31.3 Å². The van der Waals surface area contributed by atoms with Crippen LogP contribution in [0.15, 0.2) is 59.5 Å². The first-order valence-corrected chi connectivity index (χ1v) is 13.5. The van der Waals surface area contributed by atoms with Gasteiger partial charge >= 0.3 is 0 Å². The molecular weight excluding hydrogens is 448 g/mol. The van der Waals surface area contributed by atoms with Crippen LogP contribution in [0.5, 0.6) is 0 Å². The van der Waals surface area contributed by atoms with Gasteiger partial charge in [-0.2, -0.15) is 0 Å². The van der Waals surface area contributed by atoms with Crippen LogP contribution in [0.3, 0.4) is 0 Å². The van der Waals surface area contributed by atoms with Crippen molar-refractivity contribution in [2.75, 3.05) is 30.8 Å². The second kappa shape index (κ2) is 8.83. The van der Waals surface area contributed by atoms with E-state index in [1.54, 1.807) is 18.2 Å². The van der Waals surface area contributed by atoms with Crippen LogP contribution in [-0.2, 0) is 14.6 Å². The third-order valence-electron chi connectivity index (χ3n) is 6.74. The van der Waals surface area contributed by atoms with Gasteiger partial charge in [0.1, 0.15) is 6.04 Å². The van der Waals surface area contributed by atoms with Crippen LogP contribution in [0.1, 0.15) is 30.5 Å². The number of carbonyl (C=O) groups excluding carboxylic acids is 1. The first-order valence-electron chi connectivity index (χ1n) is 11.6. The molecule has 2 aromatic carbocycles. The second-order valence-electron chi connectivity index (χ2n) is 9.04. The number of fused-ring (bicyclic) bond motifs is 1. The number of rotatable bonds is 4. The van der Waals surface area contributed by atoms with Gasteiger partial charge in [-0.15, -0.1) is 0 Å². The van der Waals surface area contributed by atoms with Crippen LogP contribution < -0.4 is 4.90 Å². The fourth-order valence-corrected chi connectivity index (χ4v) is 5.51. The summed E-state index contributed by atoms with van der Waals surface area (Å²) in [7, 11) is -3.34. The quantitative estimate of drug-likeness (QED) is 0.572. The zero-order valence-corrected chi connectivity index (χ0v) is 20.3. The first-order chi connectivity index (χ1) is 16.3. The minimum absolute atomic E-state index is 0.104. The van der Waals surface area contributed by atoms with Gasteiger partial charge in [-0.1, -0.05) is 36.4 Å². The summed E-state index contributed by atoms with van der Waals surface area (Å²) in [5.41, 5.74) is 3.84. The fourth-order valence-electron chi connectivity index (χ4n) is 4.87. The molecule has 0 N–H and O–H groups in total. The number of hydrogen-bond acceptors (Lipinski definition) is 6. The van der Waals surface area contributed by atoms with Crippen molar-refractivity contribution < 1.29 is 13.2 Å². The topological polar surface area (TPSA) is 83.5 Å². The first kappa shape index (κ1) is 22.5. The number of carbonyl (C=O) groups is 1. The van der Waals surface area contributed by atoms with E-state index in [0.717, 1.165) is 30.3 Å². The SMILES string of the molecule is Cc1nc(N2CCCC2C(=O)N2CC=C(c3ccccc3)CC2)nc2cc(S(C)(=O)=O)ccc12. The Labute approximate surface area is 200 Å². The van der Waals surface area contributed by atoms with Crippen molar-refractivity contribution in [2.45, 2.75) is 37.1 Å². The number of aromatic nitrogens is 2. The molecule has 0 saturated carbocycles. The van der Waals surface area contributed by atoms with Gasteiger partial charge in [0.15, 0.2) is 9.84 Å². The van der Waals surface area contributed by atoms with E-state index in [-0.39, 0.29) is 16.8 Å². The average molecular weight is 477 g/mol. The molecule has 1 unspecified atom stereocenters. The van der Waals surface area contributed by atoms with E-state index in [0.29, 0.717) is 31.1 Å². The van der Waals surface area contributed by atoms with Gasteiger partial charge in [-0.3, -0.25) is 4.79 Å². The zero-order chi connectivity index (χ0) is 23.9. The van der Waals surface area contributed by atoms with Crippen molar-refractivity contribution in [1.82, 2.24) is 14.9 Å². The van der Waals surface area contributed by atoms with E-state index in [1.807, 2.05) is 34.9 Å². The molecule has 8 heteroatoms. The molecule has 176 valence electrons. The predicted octanol–water partition coefficient (Wildman–Crippen LogP) is 3.63. The maximum Gasteiger partial charge on any atom is 0.245 e. The Hall–Kier alpha value is -3.26. The lowest BCUT2D eigenvalue weighted by molar-refractivity contribution is -0.132. The molecule has 3 heterocycles. The Morgan fingerprint density at radius 1 is 1.06 bits per heavy atom. The van der Waals surface area contributed by atoms with E-state index in [4.69, 9.17) is 0 Å². The second-order valence-corrected chi connectivity index (χ2v) is 11.1. The highest BCUT2D eigenvalue weighted by molar-refractivity contribution is 7.90. The highest BCUT2D eigenvalue weighted by Gasteiger charge is 2.36. The van der Waals surface area contributed by atoms with Gasteiger partial charge < -0.3 is 9.80 Å². The molecule has 2 aliphatic heterocycles. The largest absolute Gasteiger partial charge is 0.337 e. The van der Waals surface area contributed by atoms with Crippen LogP contribution in [-0.4, -0.2) is 61.1 Å². The normalized spacial score (nSPS) is 18.9. The summed E-state index contributed by atoms with van der Waals surface area (Å²) < 4.78 is 24.0. The van der Waals surface area contributed by atoms with Gasteiger partial charge in [-0.25, -0.2) is 18.4 Å². The van der Waals surface area contributed by atoms with E-state index >= 15 is 0 Å². The molecule has 1 aromatic heterocycles. The van der Waals surface area contributed by atoms with Gasteiger partial charge in [0.05, 0.1) is 16.1 Å². The molecule has 0 aliphatic carbocycles. The van der Waals surface area contributed by atoms with Crippen molar-refractivity contribution in [2.24, 2.45) is 0 Å². The number of anilines is 1. The summed E-state index contributed by atoms with van der Waals surface area (Å²) in [5, 5.41) is 0.813. The number of benzene rings is 2. The maximum absolute atomic E-state index is 13.5. The molecule has 7 nitrogen and oxygen atoms in total. The van der Waals surface area contributed by atoms with Crippen LogP contribution in [0.2, 0.25) is 0 Å². The van der Waals surface area contributed by atoms with Crippen LogP contribution >= 0.6 is 0 Å². The molecule has 34 heavy (non-hydrogen) atoms. The zero-order valence-electron chi connectivity index (χ0n) is 19.4. The molecule has 1 fully saturated rings. The van der Waals surface area contributed by atoms with Gasteiger partial charge in [0.25, 0.3) is 0 Å². The van der Waals surface area contributed by atoms with Crippen LogP contribution in [0.4, 0.5) is 5.95 Å². The standard InChI is InChI=1S/C26H28N4O3S/c1-18-22-11-10-21(34(2,32)33)17-23(22)28-26(27-18)30-14-6-9-24(30)25(31)29-15-12-20(13-16-29)19-7-4-3-5-8-19/h3-5,7-8,10-12,17,24H,6,9,13-16H2,1-2H3. The Morgan fingerprint density at radius 2 is 1.85 bits per heavy atom. The third-order valence-corrected chi connectivity index (χ3v) is 7.85. The van der Waals surface area contributed by atoms with Gasteiger partial charge in [-0.05, 0) is 55.5 Å². The van der Waals surface area contributed by atoms with Crippen molar-refractivity contribution in [3.63, 3.8) is 0 Å². The molecule has 0 spiro atoms. The molecule has 0 radical (unpaired) electrons. The average Bonchev–Trinajstić information content (AvgIpc) is 3.33. The fraction of sp³-hybridized carbons (Fsp3) is 0.346. The molecule has 2 aliphatic rings. The number of nitrogens with zero attached hydrogens (tertiary/aromatic N) is 4. The predicted molar refractivity (Wildman–Crippen MR) is 133 cm³/mol. The molecule has 5 rings (SSSR count). The van der Waals surface area contributed by atoms with Crippen molar-refractivity contribution >= 4 is 38.2 Å². The Morgan fingerprint density at radius 3 is 2.56 bits per heavy atom. The lowest BCUT2D eigenvalue weighted by Gasteiger charge is -2.32. The van der Waals surface area contributed by atoms with Gasteiger partial charge in [0.2, 0.25) is 11.9 Å². The van der Waals surface area contributed by atoms with E-state index in [9.17, 15) is 13.2 Å². The van der Waals surface area contributed by atoms with Crippen molar-refractivity contribution in [3.05, 3.63) is 65.9 Å². The molecule has 3 aromatic rings. The van der Waals surface area contributed by atoms with Crippen molar-refractivity contribution in [3.8, 4) is 0 Å². The van der Waals surface area contributed by atoms with Crippen molar-refractivity contribution in [1.29, 1.82) is 0 Å². The summed E-state index contributed by atoms with van der Waals surface area (Å²) in [6.07, 6.45) is 5.82. The number of sulfone groups is 1. The summed E-state index contributed by atoms with van der Waals surface area (Å²) >= 11 is 0. The molecule has 0 bridgehead atoms. The summed E-state index contributed by atoms with van der Waals surface area (Å²) in [5.74, 6) is 0.594. The Bertz CT molecular complexity index is 1390. The van der Waals surface area contributed by atoms with E-state index in [1.165, 1.54) is 17.4 Å². The summed E-state index contributed by atoms with van der Waals surface area (Å²) in [6.45, 7) is 3.88. The minimum Gasteiger partial charge on any atom is -0.337 e. The molecule has 1 atom stereocenters. The highest BCUT2D eigenvalue weighted by Crippen LogP contribution is 2.29. The molecular formula is C26H28N4O3S. The van der Waals surface area contributed by atoms with E-state index < -0.39 is 9.84 Å². The highest BCUT2D eigenvalue weighted by atomic mass is 32.2. The van der Waals surface area contributed by atoms with Crippen LogP contribution in [0.25, 0.3) is 16.5 Å². The summed E-state index contributed by atoms with van der Waals surface area (Å²) in [4.78, 5) is 27.0. The summed E-state index contributed by atoms with van der Waals surface area (Å²) in [6, 6.07) is 14.9.